The number of sulfonamides is 1. The maximum absolute atomic E-state index is 13.3. The molecule has 0 spiro atoms. The third kappa shape index (κ3) is 4.06. The molecule has 2 heterocycles. The van der Waals surface area contributed by atoms with Crippen LogP contribution in [0.1, 0.15) is 31.2 Å². The van der Waals surface area contributed by atoms with Gasteiger partial charge in [-0.3, -0.25) is 19.2 Å². The number of imide groups is 1. The van der Waals surface area contributed by atoms with Crippen molar-refractivity contribution < 1.29 is 32.2 Å². The first-order valence-corrected chi connectivity index (χ1v) is 12.8. The van der Waals surface area contributed by atoms with Crippen molar-refractivity contribution in [1.29, 1.82) is 0 Å². The standard InChI is InChI=1S/C24H26N2O7S/c1-31-20-8-6-15(14-26-23(27)17-4-2-3-5-18(17)24(26)28)12-22(20)34(29,30)25-16-7-9-19-21(13-16)33-11-10-32-19/h6-9,12-13,17-18,25H,2-5,10-11,14H2,1H3/t17-,18-/m0/s1. The Labute approximate surface area is 198 Å². The number of carbonyl (C=O) groups excluding carboxylic acids is 2. The van der Waals surface area contributed by atoms with Gasteiger partial charge in [-0.15, -0.1) is 0 Å². The normalized spacial score (nSPS) is 21.9. The van der Waals surface area contributed by atoms with Gasteiger partial charge in [0.2, 0.25) is 11.8 Å². The summed E-state index contributed by atoms with van der Waals surface area (Å²) in [7, 11) is -2.66. The molecule has 2 amide bonds. The van der Waals surface area contributed by atoms with Crippen molar-refractivity contribution in [3.8, 4) is 17.2 Å². The summed E-state index contributed by atoms with van der Waals surface area (Å²) in [6.45, 7) is 0.849. The molecule has 0 radical (unpaired) electrons. The number of amides is 2. The van der Waals surface area contributed by atoms with Crippen LogP contribution < -0.4 is 18.9 Å². The highest BCUT2D eigenvalue weighted by Crippen LogP contribution is 2.39. The van der Waals surface area contributed by atoms with Crippen LogP contribution in [0.5, 0.6) is 17.2 Å². The van der Waals surface area contributed by atoms with Crippen LogP contribution in [0.15, 0.2) is 41.3 Å². The van der Waals surface area contributed by atoms with E-state index in [-0.39, 0.29) is 40.8 Å². The summed E-state index contributed by atoms with van der Waals surface area (Å²) in [6, 6.07) is 9.44. The Morgan fingerprint density at radius 1 is 0.971 bits per heavy atom. The Kier molecular flexibility index (Phi) is 5.85. The van der Waals surface area contributed by atoms with Crippen LogP contribution in [0, 0.1) is 11.8 Å². The average Bonchev–Trinajstić information content (AvgIpc) is 3.08. The van der Waals surface area contributed by atoms with Crippen molar-refractivity contribution in [3.05, 3.63) is 42.0 Å². The molecule has 0 aromatic heterocycles. The summed E-state index contributed by atoms with van der Waals surface area (Å²) in [4.78, 5) is 26.9. The SMILES string of the molecule is COc1ccc(CN2C(=O)[C@H]3CCCC[C@@H]3C2=O)cc1S(=O)(=O)Nc1ccc2c(c1)OCCO2. The highest BCUT2D eigenvalue weighted by atomic mass is 32.2. The lowest BCUT2D eigenvalue weighted by Gasteiger charge is -2.20. The largest absolute Gasteiger partial charge is 0.495 e. The van der Waals surface area contributed by atoms with Gasteiger partial charge in [0.15, 0.2) is 11.5 Å². The Morgan fingerprint density at radius 3 is 2.32 bits per heavy atom. The minimum Gasteiger partial charge on any atom is -0.495 e. The number of ether oxygens (including phenoxy) is 3. The second-order valence-corrected chi connectivity index (χ2v) is 10.4. The first kappa shape index (κ1) is 22.5. The number of benzene rings is 2. The van der Waals surface area contributed by atoms with E-state index < -0.39 is 10.0 Å². The van der Waals surface area contributed by atoms with E-state index in [2.05, 4.69) is 4.72 Å². The number of methoxy groups -OCH3 is 1. The maximum atomic E-state index is 13.3. The van der Waals surface area contributed by atoms with E-state index in [1.165, 1.54) is 24.1 Å². The summed E-state index contributed by atoms with van der Waals surface area (Å²) in [5, 5.41) is 0. The van der Waals surface area contributed by atoms with Gasteiger partial charge in [0.05, 0.1) is 31.2 Å². The van der Waals surface area contributed by atoms with Gasteiger partial charge in [-0.25, -0.2) is 8.42 Å². The fourth-order valence-corrected chi connectivity index (χ4v) is 6.19. The number of hydrogen-bond donors (Lipinski definition) is 1. The Hall–Kier alpha value is -3.27. The molecule has 2 aromatic carbocycles. The summed E-state index contributed by atoms with van der Waals surface area (Å²) in [5.41, 5.74) is 0.842. The molecule has 2 atom stereocenters. The number of hydrogen-bond acceptors (Lipinski definition) is 7. The first-order chi connectivity index (χ1) is 16.4. The highest BCUT2D eigenvalue weighted by Gasteiger charge is 2.47. The monoisotopic (exact) mass is 486 g/mol. The Balaban J connectivity index is 1.40. The van der Waals surface area contributed by atoms with Crippen LogP contribution in [-0.4, -0.2) is 45.5 Å². The van der Waals surface area contributed by atoms with Gasteiger partial charge in [0.25, 0.3) is 10.0 Å². The fourth-order valence-electron chi connectivity index (χ4n) is 4.92. The highest BCUT2D eigenvalue weighted by molar-refractivity contribution is 7.92. The van der Waals surface area contributed by atoms with Crippen LogP contribution in [0.25, 0.3) is 0 Å². The Morgan fingerprint density at radius 2 is 1.65 bits per heavy atom. The molecule has 0 unspecified atom stereocenters. The van der Waals surface area contributed by atoms with E-state index >= 15 is 0 Å². The zero-order valence-corrected chi connectivity index (χ0v) is 19.6. The number of nitrogens with one attached hydrogen (secondary N) is 1. The van der Waals surface area contributed by atoms with E-state index in [1.54, 1.807) is 24.3 Å². The lowest BCUT2D eigenvalue weighted by Crippen LogP contribution is -2.30. The molecule has 9 nitrogen and oxygen atoms in total. The smallest absolute Gasteiger partial charge is 0.265 e. The van der Waals surface area contributed by atoms with Crippen LogP contribution in [0.3, 0.4) is 0 Å². The lowest BCUT2D eigenvalue weighted by atomic mass is 9.81. The molecular formula is C24H26N2O7S. The molecule has 10 heteroatoms. The third-order valence-corrected chi connectivity index (χ3v) is 7.99. The molecule has 1 saturated heterocycles. The van der Waals surface area contributed by atoms with E-state index in [4.69, 9.17) is 14.2 Å². The molecule has 2 fully saturated rings. The first-order valence-electron chi connectivity index (χ1n) is 11.3. The quantitative estimate of drug-likeness (QED) is 0.625. The van der Waals surface area contributed by atoms with Crippen LogP contribution in [0.4, 0.5) is 5.69 Å². The number of carbonyl (C=O) groups is 2. The topological polar surface area (TPSA) is 111 Å². The van der Waals surface area contributed by atoms with Gasteiger partial charge in [-0.05, 0) is 42.7 Å². The van der Waals surface area contributed by atoms with E-state index in [0.29, 0.717) is 36.0 Å². The third-order valence-electron chi connectivity index (χ3n) is 6.59. The summed E-state index contributed by atoms with van der Waals surface area (Å²) >= 11 is 0. The van der Waals surface area contributed by atoms with Crippen molar-refractivity contribution in [1.82, 2.24) is 4.90 Å². The van der Waals surface area contributed by atoms with E-state index in [1.807, 2.05) is 0 Å². The maximum Gasteiger partial charge on any atom is 0.265 e. The summed E-state index contributed by atoms with van der Waals surface area (Å²) in [5.74, 6) is 0.336. The molecular weight excluding hydrogens is 460 g/mol. The average molecular weight is 487 g/mol. The van der Waals surface area contributed by atoms with Gasteiger partial charge < -0.3 is 14.2 Å². The molecule has 0 bridgehead atoms. The molecule has 3 aliphatic rings. The molecule has 1 N–H and O–H groups in total. The molecule has 5 rings (SSSR count). The van der Waals surface area contributed by atoms with Crippen LogP contribution in [0.2, 0.25) is 0 Å². The van der Waals surface area contributed by atoms with Gasteiger partial charge in [-0.2, -0.15) is 0 Å². The van der Waals surface area contributed by atoms with E-state index in [0.717, 1.165) is 25.7 Å². The summed E-state index contributed by atoms with van der Waals surface area (Å²) in [6.07, 6.45) is 3.36. The van der Waals surface area contributed by atoms with Gasteiger partial charge in [0.1, 0.15) is 23.9 Å². The van der Waals surface area contributed by atoms with Crippen LogP contribution in [-0.2, 0) is 26.2 Å². The van der Waals surface area contributed by atoms with Gasteiger partial charge >= 0.3 is 0 Å². The van der Waals surface area contributed by atoms with Gasteiger partial charge in [0, 0.05) is 6.07 Å². The molecule has 1 saturated carbocycles. The van der Waals surface area contributed by atoms with Crippen molar-refractivity contribution in [2.45, 2.75) is 37.1 Å². The van der Waals surface area contributed by atoms with Crippen LogP contribution >= 0.6 is 0 Å². The number of likely N-dealkylation sites (tertiary alicyclic amines) is 1. The Bertz CT molecular complexity index is 1220. The molecule has 1 aliphatic carbocycles. The number of rotatable bonds is 6. The van der Waals surface area contributed by atoms with Crippen molar-refractivity contribution in [2.24, 2.45) is 11.8 Å². The number of anilines is 1. The van der Waals surface area contributed by atoms with E-state index in [9.17, 15) is 18.0 Å². The van der Waals surface area contributed by atoms with Crippen molar-refractivity contribution >= 4 is 27.5 Å². The number of fused-ring (bicyclic) bond motifs is 2. The second-order valence-electron chi connectivity index (χ2n) is 8.71. The molecule has 180 valence electrons. The minimum absolute atomic E-state index is 0.0290. The molecule has 34 heavy (non-hydrogen) atoms. The second kappa shape index (κ2) is 8.83. The van der Waals surface area contributed by atoms with Crippen molar-refractivity contribution in [3.63, 3.8) is 0 Å². The zero-order chi connectivity index (χ0) is 23.9. The zero-order valence-electron chi connectivity index (χ0n) is 18.8. The fraction of sp³-hybridized carbons (Fsp3) is 0.417. The lowest BCUT2D eigenvalue weighted by molar-refractivity contribution is -0.140. The molecule has 2 aliphatic heterocycles. The number of nitrogens with zero attached hydrogens (tertiary/aromatic N) is 1. The minimum atomic E-state index is -4.05. The molecule has 2 aromatic rings. The summed E-state index contributed by atoms with van der Waals surface area (Å²) < 4.78 is 45.4. The predicted molar refractivity (Wildman–Crippen MR) is 122 cm³/mol. The predicted octanol–water partition coefficient (Wildman–Crippen LogP) is 2.94. The van der Waals surface area contributed by atoms with Gasteiger partial charge in [-0.1, -0.05) is 18.9 Å². The van der Waals surface area contributed by atoms with Crippen molar-refractivity contribution in [2.75, 3.05) is 25.0 Å².